The fourth-order valence-corrected chi connectivity index (χ4v) is 2.38. The van der Waals surface area contributed by atoms with Gasteiger partial charge in [0.25, 0.3) is 0 Å². The van der Waals surface area contributed by atoms with E-state index in [2.05, 4.69) is 11.0 Å². The fourth-order valence-electron chi connectivity index (χ4n) is 2.38. The number of rotatable bonds is 6. The molecule has 1 aliphatic heterocycles. The molecule has 0 aliphatic carbocycles. The monoisotopic (exact) mass is 276 g/mol. The van der Waals surface area contributed by atoms with Gasteiger partial charge in [-0.15, -0.1) is 0 Å². The van der Waals surface area contributed by atoms with Crippen molar-refractivity contribution in [1.82, 2.24) is 4.90 Å². The van der Waals surface area contributed by atoms with Gasteiger partial charge in [0.1, 0.15) is 24.5 Å². The summed E-state index contributed by atoms with van der Waals surface area (Å²) in [6.07, 6.45) is 0.696. The van der Waals surface area contributed by atoms with E-state index in [9.17, 15) is 5.11 Å². The van der Waals surface area contributed by atoms with Gasteiger partial charge in [-0.3, -0.25) is 4.90 Å². The van der Waals surface area contributed by atoms with Crippen LogP contribution in [0.5, 0.6) is 5.75 Å². The van der Waals surface area contributed by atoms with Crippen LogP contribution in [0.4, 0.5) is 0 Å². The molecule has 0 spiro atoms. The SMILES string of the molecule is COC1CCN(CC(O)COc2ccccc2C#N)C1. The third-order valence-corrected chi connectivity index (χ3v) is 3.47. The fraction of sp³-hybridized carbons (Fsp3) is 0.533. The molecule has 1 aromatic rings. The Hall–Kier alpha value is -1.61. The summed E-state index contributed by atoms with van der Waals surface area (Å²) >= 11 is 0. The summed E-state index contributed by atoms with van der Waals surface area (Å²) in [5.74, 6) is 0.519. The van der Waals surface area contributed by atoms with Crippen LogP contribution in [-0.2, 0) is 4.74 Å². The van der Waals surface area contributed by atoms with Gasteiger partial charge in [-0.25, -0.2) is 0 Å². The number of nitriles is 1. The van der Waals surface area contributed by atoms with Crippen molar-refractivity contribution in [3.8, 4) is 11.8 Å². The first-order valence-electron chi connectivity index (χ1n) is 6.78. The average molecular weight is 276 g/mol. The van der Waals surface area contributed by atoms with Crippen LogP contribution >= 0.6 is 0 Å². The molecule has 0 radical (unpaired) electrons. The van der Waals surface area contributed by atoms with Crippen LogP contribution in [0.3, 0.4) is 0 Å². The topological polar surface area (TPSA) is 65.7 Å². The molecule has 1 saturated heterocycles. The third kappa shape index (κ3) is 3.94. The Labute approximate surface area is 119 Å². The predicted octanol–water partition coefficient (Wildman–Crippen LogP) is 1.02. The molecule has 1 N–H and O–H groups in total. The smallest absolute Gasteiger partial charge is 0.137 e. The Kier molecular flexibility index (Phi) is 5.36. The van der Waals surface area contributed by atoms with Gasteiger partial charge in [-0.1, -0.05) is 12.1 Å². The zero-order chi connectivity index (χ0) is 14.4. The van der Waals surface area contributed by atoms with Crippen molar-refractivity contribution in [3.05, 3.63) is 29.8 Å². The molecule has 1 aromatic carbocycles. The number of aliphatic hydroxyl groups is 1. The first-order chi connectivity index (χ1) is 9.72. The van der Waals surface area contributed by atoms with Gasteiger partial charge in [-0.2, -0.15) is 5.26 Å². The maximum atomic E-state index is 10.0. The van der Waals surface area contributed by atoms with E-state index in [0.717, 1.165) is 19.5 Å². The molecule has 108 valence electrons. The molecule has 1 fully saturated rings. The van der Waals surface area contributed by atoms with Gasteiger partial charge in [0.05, 0.1) is 11.7 Å². The summed E-state index contributed by atoms with van der Waals surface area (Å²) in [5, 5.41) is 19.0. The van der Waals surface area contributed by atoms with E-state index in [4.69, 9.17) is 14.7 Å². The molecule has 5 heteroatoms. The second-order valence-electron chi connectivity index (χ2n) is 4.98. The van der Waals surface area contributed by atoms with Crippen molar-refractivity contribution in [3.63, 3.8) is 0 Å². The summed E-state index contributed by atoms with van der Waals surface area (Å²) in [6, 6.07) is 9.11. The van der Waals surface area contributed by atoms with Crippen LogP contribution in [0, 0.1) is 11.3 Å². The van der Waals surface area contributed by atoms with E-state index in [1.165, 1.54) is 0 Å². The highest BCUT2D eigenvalue weighted by molar-refractivity contribution is 5.42. The molecule has 0 saturated carbocycles. The van der Waals surface area contributed by atoms with Crippen molar-refractivity contribution in [2.45, 2.75) is 18.6 Å². The number of nitrogens with zero attached hydrogens (tertiary/aromatic N) is 2. The molecule has 2 rings (SSSR count). The first kappa shape index (κ1) is 14.8. The number of aliphatic hydroxyl groups excluding tert-OH is 1. The van der Waals surface area contributed by atoms with Crippen LogP contribution in [0.2, 0.25) is 0 Å². The number of methoxy groups -OCH3 is 1. The number of benzene rings is 1. The van der Waals surface area contributed by atoms with E-state index in [1.54, 1.807) is 25.3 Å². The second kappa shape index (κ2) is 7.25. The number of likely N-dealkylation sites (tertiary alicyclic amines) is 1. The molecule has 0 amide bonds. The highest BCUT2D eigenvalue weighted by atomic mass is 16.5. The van der Waals surface area contributed by atoms with Crippen LogP contribution in [-0.4, -0.2) is 55.6 Å². The third-order valence-electron chi connectivity index (χ3n) is 3.47. The Bertz CT molecular complexity index is 472. The standard InChI is InChI=1S/C15H20N2O3/c1-19-14-6-7-17(10-14)9-13(18)11-20-15-5-3-2-4-12(15)8-16/h2-5,13-14,18H,6-7,9-11H2,1H3. The van der Waals surface area contributed by atoms with E-state index in [-0.39, 0.29) is 12.7 Å². The molecule has 2 unspecified atom stereocenters. The minimum Gasteiger partial charge on any atom is -0.489 e. The lowest BCUT2D eigenvalue weighted by Crippen LogP contribution is -2.35. The van der Waals surface area contributed by atoms with Crippen molar-refractivity contribution in [2.24, 2.45) is 0 Å². The van der Waals surface area contributed by atoms with E-state index < -0.39 is 6.10 Å². The largest absolute Gasteiger partial charge is 0.489 e. The maximum Gasteiger partial charge on any atom is 0.137 e. The van der Waals surface area contributed by atoms with Crippen molar-refractivity contribution in [1.29, 1.82) is 5.26 Å². The lowest BCUT2D eigenvalue weighted by atomic mass is 10.2. The molecular formula is C15H20N2O3. The summed E-state index contributed by atoms with van der Waals surface area (Å²) in [7, 11) is 1.71. The van der Waals surface area contributed by atoms with Crippen LogP contribution < -0.4 is 4.74 Å². The van der Waals surface area contributed by atoms with Crippen LogP contribution in [0.1, 0.15) is 12.0 Å². The molecule has 1 aliphatic rings. The highest BCUT2D eigenvalue weighted by Crippen LogP contribution is 2.17. The summed E-state index contributed by atoms with van der Waals surface area (Å²) < 4.78 is 10.8. The molecule has 20 heavy (non-hydrogen) atoms. The highest BCUT2D eigenvalue weighted by Gasteiger charge is 2.23. The minimum absolute atomic E-state index is 0.187. The summed E-state index contributed by atoms with van der Waals surface area (Å²) in [6.45, 7) is 2.54. The Morgan fingerprint density at radius 3 is 3.00 bits per heavy atom. The Balaban J connectivity index is 1.78. The maximum absolute atomic E-state index is 10.0. The average Bonchev–Trinajstić information content (AvgIpc) is 2.93. The number of hydrogen-bond acceptors (Lipinski definition) is 5. The zero-order valence-electron chi connectivity index (χ0n) is 11.7. The number of para-hydroxylation sites is 1. The molecule has 2 atom stereocenters. The first-order valence-corrected chi connectivity index (χ1v) is 6.78. The van der Waals surface area contributed by atoms with Gasteiger partial charge < -0.3 is 14.6 Å². The molecular weight excluding hydrogens is 256 g/mol. The van der Waals surface area contributed by atoms with Crippen LogP contribution in [0.25, 0.3) is 0 Å². The Morgan fingerprint density at radius 2 is 2.30 bits per heavy atom. The number of ether oxygens (including phenoxy) is 2. The lowest BCUT2D eigenvalue weighted by molar-refractivity contribution is 0.0641. The van der Waals surface area contributed by atoms with Gasteiger partial charge >= 0.3 is 0 Å². The predicted molar refractivity (Wildman–Crippen MR) is 74.5 cm³/mol. The van der Waals surface area contributed by atoms with Crippen molar-refractivity contribution in [2.75, 3.05) is 33.4 Å². The van der Waals surface area contributed by atoms with Gasteiger partial charge in [0, 0.05) is 26.7 Å². The molecule has 5 nitrogen and oxygen atoms in total. The summed E-state index contributed by atoms with van der Waals surface area (Å²) in [5.41, 5.74) is 0.486. The van der Waals surface area contributed by atoms with Crippen molar-refractivity contribution < 1.29 is 14.6 Å². The minimum atomic E-state index is -0.572. The van der Waals surface area contributed by atoms with E-state index in [0.29, 0.717) is 17.9 Å². The van der Waals surface area contributed by atoms with Gasteiger partial charge in [0.2, 0.25) is 0 Å². The zero-order valence-corrected chi connectivity index (χ0v) is 11.7. The van der Waals surface area contributed by atoms with Gasteiger partial charge in [0.15, 0.2) is 0 Å². The summed E-state index contributed by atoms with van der Waals surface area (Å²) in [4.78, 5) is 2.17. The second-order valence-corrected chi connectivity index (χ2v) is 4.98. The van der Waals surface area contributed by atoms with Gasteiger partial charge in [-0.05, 0) is 18.6 Å². The van der Waals surface area contributed by atoms with E-state index in [1.807, 2.05) is 6.07 Å². The Morgan fingerprint density at radius 1 is 1.50 bits per heavy atom. The molecule has 0 bridgehead atoms. The number of β-amino-alcohol motifs (C(OH)–C–C–N with tert-alkyl or cyclic N) is 1. The number of hydrogen-bond donors (Lipinski definition) is 1. The molecule has 0 aromatic heterocycles. The quantitative estimate of drug-likeness (QED) is 0.840. The normalized spacial score (nSPS) is 20.6. The van der Waals surface area contributed by atoms with E-state index >= 15 is 0 Å². The van der Waals surface area contributed by atoms with Crippen molar-refractivity contribution >= 4 is 0 Å². The molecule has 1 heterocycles. The lowest BCUT2D eigenvalue weighted by Gasteiger charge is -2.20. The van der Waals surface area contributed by atoms with Crippen LogP contribution in [0.15, 0.2) is 24.3 Å².